The van der Waals surface area contributed by atoms with E-state index < -0.39 is 34.9 Å². The average Bonchev–Trinajstić information content (AvgIpc) is 2.51. The van der Waals surface area contributed by atoms with Crippen LogP contribution in [0.5, 0.6) is 0 Å². The van der Waals surface area contributed by atoms with Gasteiger partial charge in [-0.1, -0.05) is 12.2 Å². The van der Waals surface area contributed by atoms with Gasteiger partial charge in [0.15, 0.2) is 0 Å². The molecular formula is C9H8N2O4. The molecule has 0 radical (unpaired) electrons. The monoisotopic (exact) mass is 208 g/mol. The van der Waals surface area contributed by atoms with Crippen molar-refractivity contribution in [2.45, 2.75) is 17.5 Å². The molecule has 1 saturated heterocycles. The molecule has 3 aliphatic rings. The Morgan fingerprint density at radius 2 is 1.60 bits per heavy atom. The minimum Gasteiger partial charge on any atom is -0.504 e. The fourth-order valence-corrected chi connectivity index (χ4v) is 3.40. The number of carboxylic acid groups (broad SMARTS) is 2. The van der Waals surface area contributed by atoms with Gasteiger partial charge >= 0.3 is 23.0 Å². The number of hydrogen-bond donors (Lipinski definition) is 2. The highest BCUT2D eigenvalue weighted by Gasteiger charge is 2.99. The maximum absolute atomic E-state index is 11.2. The lowest BCUT2D eigenvalue weighted by atomic mass is 9.83. The Kier molecular flexibility index (Phi) is 1.12. The van der Waals surface area contributed by atoms with E-state index in [1.807, 2.05) is 0 Å². The summed E-state index contributed by atoms with van der Waals surface area (Å²) in [6.45, 7) is 0. The number of carbonyl (C=O) groups is 2. The summed E-state index contributed by atoms with van der Waals surface area (Å²) in [6.07, 6.45) is 3.88. The maximum Gasteiger partial charge on any atom is 0.384 e. The molecule has 0 aromatic rings. The molecule has 4 atom stereocenters. The molecule has 2 aliphatic carbocycles. The van der Waals surface area contributed by atoms with Crippen LogP contribution in [0.3, 0.4) is 0 Å². The lowest BCUT2D eigenvalue weighted by molar-refractivity contribution is -0.457. The van der Waals surface area contributed by atoms with Crippen LogP contribution in [0.4, 0.5) is 0 Å². The Bertz CT molecular complexity index is 419. The van der Waals surface area contributed by atoms with E-state index in [0.29, 0.717) is 11.1 Å². The Labute approximate surface area is 84.3 Å². The third-order valence-electron chi connectivity index (χ3n) is 4.01. The van der Waals surface area contributed by atoms with Crippen molar-refractivity contribution in [1.29, 1.82) is 0 Å². The van der Waals surface area contributed by atoms with Crippen molar-refractivity contribution < 1.29 is 24.5 Å². The Morgan fingerprint density at radius 1 is 1.20 bits per heavy atom. The molecule has 0 spiro atoms. The van der Waals surface area contributed by atoms with Gasteiger partial charge in [-0.15, -0.1) is 0 Å². The summed E-state index contributed by atoms with van der Waals surface area (Å²) in [5.74, 6) is -3.32. The highest BCUT2D eigenvalue weighted by atomic mass is 16.4. The van der Waals surface area contributed by atoms with Gasteiger partial charge < -0.3 is 15.7 Å². The second-order valence-electron chi connectivity index (χ2n) is 4.29. The maximum atomic E-state index is 11.2. The summed E-state index contributed by atoms with van der Waals surface area (Å²) in [7, 11) is 0. The van der Waals surface area contributed by atoms with Gasteiger partial charge in [-0.3, -0.25) is 4.70 Å². The van der Waals surface area contributed by atoms with E-state index >= 15 is 0 Å². The quantitative estimate of drug-likeness (QED) is 0.375. The molecule has 3 rings (SSSR count). The highest BCUT2D eigenvalue weighted by molar-refractivity contribution is 5.98. The van der Waals surface area contributed by atoms with Gasteiger partial charge in [-0.25, -0.2) is 9.59 Å². The van der Waals surface area contributed by atoms with Crippen molar-refractivity contribution in [1.82, 2.24) is 0 Å². The van der Waals surface area contributed by atoms with Crippen LogP contribution in [0.1, 0.15) is 6.42 Å². The fraction of sp³-hybridized carbons (Fsp3) is 0.556. The summed E-state index contributed by atoms with van der Waals surface area (Å²) in [4.78, 5) is 22.4. The van der Waals surface area contributed by atoms with Crippen molar-refractivity contribution in [3.63, 3.8) is 0 Å². The molecule has 0 aromatic carbocycles. The molecule has 6 nitrogen and oxygen atoms in total. The van der Waals surface area contributed by atoms with Crippen LogP contribution in [0.2, 0.25) is 0 Å². The van der Waals surface area contributed by atoms with Gasteiger partial charge in [0.1, 0.15) is 0 Å². The molecule has 15 heavy (non-hydrogen) atoms. The largest absolute Gasteiger partial charge is 0.504 e. The van der Waals surface area contributed by atoms with Gasteiger partial charge in [0.05, 0.1) is 11.8 Å². The van der Waals surface area contributed by atoms with Crippen LogP contribution in [0.25, 0.3) is 5.53 Å². The van der Waals surface area contributed by atoms with Gasteiger partial charge in [0.25, 0.3) is 0 Å². The first-order chi connectivity index (χ1) is 7.00. The van der Waals surface area contributed by atoms with E-state index in [-0.39, 0.29) is 0 Å². The lowest BCUT2D eigenvalue weighted by Gasteiger charge is -2.06. The topological polar surface area (TPSA) is 99.9 Å². The zero-order valence-electron chi connectivity index (χ0n) is 7.62. The number of nitrogens with zero attached hydrogens (tertiary/aromatic N) is 2. The third-order valence-corrected chi connectivity index (χ3v) is 4.01. The standard InChI is InChI=1S/C9H8N2O4/c10-11-8(6(12)13)4-1-2-5(3-4)9(8,11)7(14)15/h1-2,4-5H,3H2,(H,12,13)(H,14,15). The minimum absolute atomic E-state index is 0.402. The zero-order valence-corrected chi connectivity index (χ0v) is 7.62. The first-order valence-electron chi connectivity index (χ1n) is 4.65. The van der Waals surface area contributed by atoms with E-state index in [4.69, 9.17) is 10.2 Å². The minimum atomic E-state index is -1.63. The summed E-state index contributed by atoms with van der Waals surface area (Å²) < 4.78 is 0.503. The van der Waals surface area contributed by atoms with Gasteiger partial charge in [0.2, 0.25) is 0 Å². The Hall–Kier alpha value is -1.72. The van der Waals surface area contributed by atoms with Crippen LogP contribution in [0, 0.1) is 11.8 Å². The molecule has 2 N–H and O–H groups in total. The number of carboxylic acids is 2. The van der Waals surface area contributed by atoms with Crippen LogP contribution in [-0.2, 0) is 9.59 Å². The molecular weight excluding hydrogens is 200 g/mol. The lowest BCUT2D eigenvalue weighted by Crippen LogP contribution is -2.42. The molecule has 0 aromatic heterocycles. The second-order valence-corrected chi connectivity index (χ2v) is 4.29. The molecule has 1 saturated carbocycles. The predicted octanol–water partition coefficient (Wildman–Crippen LogP) is -0.113. The van der Waals surface area contributed by atoms with E-state index in [1.165, 1.54) is 0 Å². The van der Waals surface area contributed by atoms with Crippen LogP contribution < -0.4 is 0 Å². The molecule has 2 fully saturated rings. The number of aliphatic carboxylic acids is 2. The summed E-state index contributed by atoms with van der Waals surface area (Å²) in [5.41, 5.74) is 6.35. The van der Waals surface area contributed by atoms with E-state index in [0.717, 1.165) is 0 Å². The molecule has 0 amide bonds. The van der Waals surface area contributed by atoms with E-state index in [1.54, 1.807) is 12.2 Å². The Balaban J connectivity index is 2.25. The van der Waals surface area contributed by atoms with Gasteiger partial charge in [0, 0.05) is 0 Å². The van der Waals surface area contributed by atoms with Crippen molar-refractivity contribution >= 4 is 11.9 Å². The number of hydrogen-bond acceptors (Lipinski definition) is 2. The van der Waals surface area contributed by atoms with E-state index in [9.17, 15) is 15.1 Å². The molecule has 1 aliphatic heterocycles. The van der Waals surface area contributed by atoms with Crippen molar-refractivity contribution in [2.24, 2.45) is 11.8 Å². The van der Waals surface area contributed by atoms with Crippen LogP contribution in [0.15, 0.2) is 12.2 Å². The summed E-state index contributed by atoms with van der Waals surface area (Å²) in [5, 5.41) is 18.2. The van der Waals surface area contributed by atoms with Crippen molar-refractivity contribution in [3.8, 4) is 0 Å². The van der Waals surface area contributed by atoms with Gasteiger partial charge in [-0.2, -0.15) is 0 Å². The number of rotatable bonds is 2. The predicted molar refractivity (Wildman–Crippen MR) is 45.1 cm³/mol. The van der Waals surface area contributed by atoms with Gasteiger partial charge in [-0.05, 0) is 6.42 Å². The van der Waals surface area contributed by atoms with Crippen molar-refractivity contribution in [3.05, 3.63) is 17.7 Å². The molecule has 6 heteroatoms. The molecule has 2 bridgehead atoms. The Morgan fingerprint density at radius 3 is 1.93 bits per heavy atom. The SMILES string of the molecule is [N-]=[N+]1C2(C(=O)O)C3C=CC(C3)C12C(=O)O. The van der Waals surface area contributed by atoms with Crippen molar-refractivity contribution in [2.75, 3.05) is 0 Å². The molecule has 1 heterocycles. The highest BCUT2D eigenvalue weighted by Crippen LogP contribution is 2.68. The normalized spacial score (nSPS) is 49.2. The van der Waals surface area contributed by atoms with E-state index in [2.05, 4.69) is 0 Å². The average molecular weight is 208 g/mol. The second kappa shape index (κ2) is 1.95. The number of fused-ring (bicyclic) bond motifs is 5. The first kappa shape index (κ1) is 8.58. The first-order valence-corrected chi connectivity index (χ1v) is 4.65. The number of piperidine rings is 1. The van der Waals surface area contributed by atoms with Crippen LogP contribution >= 0.6 is 0 Å². The fourth-order valence-electron chi connectivity index (χ4n) is 3.40. The third kappa shape index (κ3) is 0.513. The smallest absolute Gasteiger partial charge is 0.384 e. The zero-order chi connectivity index (χ0) is 11.0. The summed E-state index contributed by atoms with van der Waals surface area (Å²) in [6, 6.07) is 0. The molecule has 78 valence electrons. The summed E-state index contributed by atoms with van der Waals surface area (Å²) >= 11 is 0. The van der Waals surface area contributed by atoms with Crippen LogP contribution in [-0.4, -0.2) is 37.9 Å². The molecule has 4 unspecified atom stereocenters.